The van der Waals surface area contributed by atoms with Gasteiger partial charge in [0.25, 0.3) is 11.6 Å². The molecule has 0 unspecified atom stereocenters. The maximum absolute atomic E-state index is 13.8. The number of non-ortho nitro benzene ring substituents is 1. The first-order chi connectivity index (χ1) is 20.9. The lowest BCUT2D eigenvalue weighted by atomic mass is 9.97. The number of nitrogens with two attached hydrogens (primary N) is 1. The Morgan fingerprint density at radius 1 is 0.956 bits per heavy atom. The standard InChI is InChI=1S/C27H38N6O12/c1-5-13(2)22(29-15(4)35)25(40)30-18(10-11-21(37)38)24(39)31-23(14(3)34)26(41)32(19(27(42)43)12-20(28)36)16-6-8-17(9-7-16)33(44)45/h6-9,13-14,18-19,22-23,34H,5,10-12H2,1-4H3,(H2,28,36)(H,29,35)(H,30,40)(H,31,39)(H,37,38)(H,42,43)/t13-,14+,18-,19-,22-,23-/m0/s1. The number of carboxylic acids is 2. The van der Waals surface area contributed by atoms with Gasteiger partial charge in [-0.3, -0.25) is 43.8 Å². The third-order valence-electron chi connectivity index (χ3n) is 6.75. The average Bonchev–Trinajstić information content (AvgIpc) is 2.95. The molecular formula is C27H38N6O12. The van der Waals surface area contributed by atoms with Crippen LogP contribution in [-0.2, 0) is 33.6 Å². The Hall–Kier alpha value is -5.13. The van der Waals surface area contributed by atoms with E-state index in [0.717, 1.165) is 31.2 Å². The molecule has 0 saturated heterocycles. The summed E-state index contributed by atoms with van der Waals surface area (Å²) in [5.41, 5.74) is 4.52. The summed E-state index contributed by atoms with van der Waals surface area (Å²) in [6.45, 7) is 5.66. The average molecular weight is 639 g/mol. The molecule has 18 heteroatoms. The summed E-state index contributed by atoms with van der Waals surface area (Å²) in [5, 5.41) is 47.7. The number of hydrogen-bond donors (Lipinski definition) is 7. The predicted molar refractivity (Wildman–Crippen MR) is 155 cm³/mol. The predicted octanol–water partition coefficient (Wildman–Crippen LogP) is -0.978. The molecule has 18 nitrogen and oxygen atoms in total. The van der Waals surface area contributed by atoms with E-state index in [0.29, 0.717) is 11.3 Å². The first kappa shape index (κ1) is 37.9. The largest absolute Gasteiger partial charge is 0.481 e. The van der Waals surface area contributed by atoms with Crippen molar-refractivity contribution >= 4 is 52.8 Å². The molecule has 0 aliphatic rings. The van der Waals surface area contributed by atoms with Crippen molar-refractivity contribution in [1.82, 2.24) is 16.0 Å². The van der Waals surface area contributed by atoms with Crippen molar-refractivity contribution in [3.8, 4) is 0 Å². The Bertz CT molecular complexity index is 1290. The quantitative estimate of drug-likeness (QED) is 0.0754. The van der Waals surface area contributed by atoms with Crippen LogP contribution >= 0.6 is 0 Å². The fourth-order valence-electron chi connectivity index (χ4n) is 4.19. The number of rotatable bonds is 18. The smallest absolute Gasteiger partial charge is 0.327 e. The second-order valence-electron chi connectivity index (χ2n) is 10.3. The van der Waals surface area contributed by atoms with Crippen molar-refractivity contribution in [3.63, 3.8) is 0 Å². The summed E-state index contributed by atoms with van der Waals surface area (Å²) in [6, 6.07) is -2.69. The van der Waals surface area contributed by atoms with E-state index in [1.54, 1.807) is 13.8 Å². The highest BCUT2D eigenvalue weighted by Gasteiger charge is 2.40. The molecule has 0 spiro atoms. The van der Waals surface area contributed by atoms with Gasteiger partial charge >= 0.3 is 11.9 Å². The molecule has 5 amide bonds. The van der Waals surface area contributed by atoms with Crippen molar-refractivity contribution in [2.24, 2.45) is 11.7 Å². The lowest BCUT2D eigenvalue weighted by Gasteiger charge is -2.33. The second-order valence-corrected chi connectivity index (χ2v) is 10.3. The van der Waals surface area contributed by atoms with E-state index in [2.05, 4.69) is 16.0 Å². The van der Waals surface area contributed by atoms with Crippen LogP contribution in [0, 0.1) is 16.0 Å². The van der Waals surface area contributed by atoms with E-state index in [1.165, 1.54) is 6.92 Å². The molecule has 1 rings (SSSR count). The highest BCUT2D eigenvalue weighted by molar-refractivity contribution is 6.05. The summed E-state index contributed by atoms with van der Waals surface area (Å²) >= 11 is 0. The van der Waals surface area contributed by atoms with E-state index < -0.39 is 108 Å². The Morgan fingerprint density at radius 3 is 1.96 bits per heavy atom. The van der Waals surface area contributed by atoms with Crippen molar-refractivity contribution < 1.29 is 53.8 Å². The minimum atomic E-state index is -1.98. The number of primary amides is 1. The fraction of sp³-hybridized carbons (Fsp3) is 0.519. The van der Waals surface area contributed by atoms with Gasteiger partial charge in [0.2, 0.25) is 23.6 Å². The molecule has 8 N–H and O–H groups in total. The molecule has 1 aromatic rings. The van der Waals surface area contributed by atoms with Gasteiger partial charge < -0.3 is 37.0 Å². The lowest BCUT2D eigenvalue weighted by Crippen LogP contribution is -2.61. The second kappa shape index (κ2) is 17.2. The third-order valence-corrected chi connectivity index (χ3v) is 6.75. The van der Waals surface area contributed by atoms with E-state index >= 15 is 0 Å². The molecular weight excluding hydrogens is 600 g/mol. The maximum atomic E-state index is 13.8. The minimum Gasteiger partial charge on any atom is -0.481 e. The summed E-state index contributed by atoms with van der Waals surface area (Å²) in [7, 11) is 0. The van der Waals surface area contributed by atoms with Crippen LogP contribution in [0.1, 0.15) is 53.4 Å². The number of carboxylic acid groups (broad SMARTS) is 2. The third kappa shape index (κ3) is 11.5. The van der Waals surface area contributed by atoms with Crippen LogP contribution in [0.4, 0.5) is 11.4 Å². The molecule has 0 bridgehead atoms. The van der Waals surface area contributed by atoms with Crippen molar-refractivity contribution in [1.29, 1.82) is 0 Å². The Morgan fingerprint density at radius 2 is 1.53 bits per heavy atom. The van der Waals surface area contributed by atoms with Crippen LogP contribution in [0.5, 0.6) is 0 Å². The zero-order chi connectivity index (χ0) is 34.6. The number of benzene rings is 1. The van der Waals surface area contributed by atoms with Crippen LogP contribution in [0.25, 0.3) is 0 Å². The highest BCUT2D eigenvalue weighted by Crippen LogP contribution is 2.24. The van der Waals surface area contributed by atoms with Gasteiger partial charge in [-0.05, 0) is 31.4 Å². The van der Waals surface area contributed by atoms with Crippen LogP contribution in [0.3, 0.4) is 0 Å². The van der Waals surface area contributed by atoms with Crippen LogP contribution in [0.15, 0.2) is 24.3 Å². The molecule has 0 radical (unpaired) electrons. The van der Waals surface area contributed by atoms with E-state index in [1.807, 2.05) is 0 Å². The van der Waals surface area contributed by atoms with E-state index in [-0.39, 0.29) is 5.69 Å². The fourth-order valence-corrected chi connectivity index (χ4v) is 4.19. The number of carbonyl (C=O) groups is 7. The molecule has 0 aliphatic carbocycles. The van der Waals surface area contributed by atoms with Gasteiger partial charge in [-0.15, -0.1) is 0 Å². The van der Waals surface area contributed by atoms with Gasteiger partial charge in [-0.2, -0.15) is 0 Å². The molecule has 248 valence electrons. The zero-order valence-corrected chi connectivity index (χ0v) is 25.1. The zero-order valence-electron chi connectivity index (χ0n) is 25.1. The first-order valence-corrected chi connectivity index (χ1v) is 13.8. The normalized spacial score (nSPS) is 14.8. The molecule has 0 saturated carbocycles. The molecule has 0 aromatic heterocycles. The number of nitrogens with zero attached hydrogens (tertiary/aromatic N) is 2. The summed E-state index contributed by atoms with van der Waals surface area (Å²) < 4.78 is 0. The number of anilines is 1. The summed E-state index contributed by atoms with van der Waals surface area (Å²) in [6.07, 6.45) is -3.30. The lowest BCUT2D eigenvalue weighted by molar-refractivity contribution is -0.384. The number of hydrogen-bond acceptors (Lipinski definition) is 10. The molecule has 45 heavy (non-hydrogen) atoms. The van der Waals surface area contributed by atoms with Crippen molar-refractivity contribution in [2.45, 2.75) is 83.6 Å². The number of aliphatic carboxylic acids is 2. The monoisotopic (exact) mass is 638 g/mol. The van der Waals surface area contributed by atoms with Gasteiger partial charge in [0.1, 0.15) is 24.2 Å². The topological polar surface area (TPSA) is 289 Å². The number of nitro benzene ring substituents is 1. The van der Waals surface area contributed by atoms with Crippen LogP contribution in [-0.4, -0.2) is 92.0 Å². The van der Waals surface area contributed by atoms with Gasteiger partial charge in [0.15, 0.2) is 0 Å². The van der Waals surface area contributed by atoms with E-state index in [4.69, 9.17) is 5.73 Å². The summed E-state index contributed by atoms with van der Waals surface area (Å²) in [5.74, 6) is -8.37. The Kier molecular flexibility index (Phi) is 14.5. The number of amides is 5. The number of nitrogens with one attached hydrogen (secondary N) is 3. The first-order valence-electron chi connectivity index (χ1n) is 13.8. The van der Waals surface area contributed by atoms with Crippen LogP contribution in [0.2, 0.25) is 0 Å². The molecule has 0 fully saturated rings. The van der Waals surface area contributed by atoms with Gasteiger partial charge in [0, 0.05) is 31.2 Å². The number of aliphatic hydroxyl groups excluding tert-OH is 1. The molecule has 1 aromatic carbocycles. The van der Waals surface area contributed by atoms with Crippen LogP contribution < -0.4 is 26.6 Å². The van der Waals surface area contributed by atoms with Gasteiger partial charge in [0.05, 0.1) is 17.4 Å². The Labute approximate surface area is 257 Å². The molecule has 6 atom stereocenters. The number of aliphatic hydroxyl groups is 1. The maximum Gasteiger partial charge on any atom is 0.327 e. The minimum absolute atomic E-state index is 0.262. The Balaban J connectivity index is 3.54. The van der Waals surface area contributed by atoms with Crippen molar-refractivity contribution in [2.75, 3.05) is 4.90 Å². The van der Waals surface area contributed by atoms with Crippen molar-refractivity contribution in [3.05, 3.63) is 34.4 Å². The number of nitro groups is 1. The summed E-state index contributed by atoms with van der Waals surface area (Å²) in [4.78, 5) is 98.0. The molecule has 0 heterocycles. The van der Waals surface area contributed by atoms with Gasteiger partial charge in [-0.25, -0.2) is 4.79 Å². The highest BCUT2D eigenvalue weighted by atomic mass is 16.6. The SMILES string of the molecule is CC[C@H](C)[C@H](NC(C)=O)C(=O)N[C@@H](CCC(=O)O)C(=O)N[C@H](C(=O)N(c1ccc([N+](=O)[O-])cc1)[C@@H](CC(N)=O)C(=O)O)[C@@H](C)O. The number of carbonyl (C=O) groups excluding carboxylic acids is 5. The van der Waals surface area contributed by atoms with Gasteiger partial charge in [-0.1, -0.05) is 20.3 Å². The molecule has 0 aliphatic heterocycles. The van der Waals surface area contributed by atoms with E-state index in [9.17, 15) is 59.0 Å².